The van der Waals surface area contributed by atoms with Crippen LogP contribution in [-0.4, -0.2) is 30.1 Å². The van der Waals surface area contributed by atoms with Gasteiger partial charge in [-0.3, -0.25) is 4.79 Å². The quantitative estimate of drug-likeness (QED) is 0.797. The Hall–Kier alpha value is -1.30. The summed E-state index contributed by atoms with van der Waals surface area (Å²) in [7, 11) is 0. The summed E-state index contributed by atoms with van der Waals surface area (Å²) in [5.74, 6) is -1.15. The van der Waals surface area contributed by atoms with Crippen molar-refractivity contribution in [2.45, 2.75) is 6.42 Å². The van der Waals surface area contributed by atoms with Crippen LogP contribution in [0.3, 0.4) is 0 Å². The molecule has 2 rings (SSSR count). The van der Waals surface area contributed by atoms with Gasteiger partial charge in [-0.25, -0.2) is 4.79 Å². The second-order valence-electron chi connectivity index (χ2n) is 4.39. The van der Waals surface area contributed by atoms with Crippen LogP contribution in [0.25, 0.3) is 0 Å². The van der Waals surface area contributed by atoms with Gasteiger partial charge in [0.2, 0.25) is 5.91 Å². The number of nitrogens with one attached hydrogen (secondary N) is 2. The van der Waals surface area contributed by atoms with Gasteiger partial charge in [-0.2, -0.15) is 0 Å². The first-order valence-corrected chi connectivity index (χ1v) is 6.46. The van der Waals surface area contributed by atoms with Crippen LogP contribution in [-0.2, 0) is 4.79 Å². The van der Waals surface area contributed by atoms with Crippen LogP contribution >= 0.6 is 23.2 Å². The molecule has 1 saturated heterocycles. The number of carboxylic acid groups (broad SMARTS) is 1. The molecule has 3 N–H and O–H groups in total. The summed E-state index contributed by atoms with van der Waals surface area (Å²) in [6.45, 7) is 1.60. The monoisotopic (exact) mass is 302 g/mol. The van der Waals surface area contributed by atoms with E-state index < -0.39 is 5.97 Å². The molecule has 19 heavy (non-hydrogen) atoms. The molecule has 1 aromatic carbocycles. The molecule has 1 aliphatic rings. The molecule has 0 aromatic heterocycles. The van der Waals surface area contributed by atoms with Crippen LogP contribution in [0.2, 0.25) is 10.0 Å². The molecule has 0 unspecified atom stereocenters. The van der Waals surface area contributed by atoms with Crippen LogP contribution in [0.1, 0.15) is 16.8 Å². The first-order chi connectivity index (χ1) is 8.97. The number of carbonyl (C=O) groups is 2. The number of amides is 1. The molecule has 7 heteroatoms. The van der Waals surface area contributed by atoms with Crippen molar-refractivity contribution in [2.24, 2.45) is 5.92 Å². The second kappa shape index (κ2) is 5.77. The maximum atomic E-state index is 11.8. The number of anilines is 1. The number of hydrogen-bond donors (Lipinski definition) is 3. The lowest BCUT2D eigenvalue weighted by molar-refractivity contribution is -0.117. The van der Waals surface area contributed by atoms with Crippen LogP contribution in [0.4, 0.5) is 5.69 Å². The van der Waals surface area contributed by atoms with E-state index >= 15 is 0 Å². The average molecular weight is 303 g/mol. The first-order valence-electron chi connectivity index (χ1n) is 5.70. The van der Waals surface area contributed by atoms with Gasteiger partial charge in [0, 0.05) is 11.4 Å². The van der Waals surface area contributed by atoms with Crippen molar-refractivity contribution < 1.29 is 14.7 Å². The predicted octanol–water partition coefficient (Wildman–Crippen LogP) is 2.24. The normalized spacial score (nSPS) is 14.8. The summed E-state index contributed by atoms with van der Waals surface area (Å²) < 4.78 is 0. The molecule has 1 aliphatic heterocycles. The van der Waals surface area contributed by atoms with Gasteiger partial charge >= 0.3 is 5.97 Å². The maximum absolute atomic E-state index is 11.8. The summed E-state index contributed by atoms with van der Waals surface area (Å²) >= 11 is 11.7. The van der Waals surface area contributed by atoms with Crippen molar-refractivity contribution >= 4 is 40.8 Å². The minimum Gasteiger partial charge on any atom is -0.478 e. The van der Waals surface area contributed by atoms with Gasteiger partial charge in [-0.05, 0) is 31.1 Å². The van der Waals surface area contributed by atoms with Gasteiger partial charge in [0.15, 0.2) is 0 Å². The third kappa shape index (κ3) is 3.37. The number of halogens is 2. The Morgan fingerprint density at radius 3 is 2.58 bits per heavy atom. The highest BCUT2D eigenvalue weighted by Gasteiger charge is 2.22. The second-order valence-corrected chi connectivity index (χ2v) is 5.24. The maximum Gasteiger partial charge on any atom is 0.337 e. The number of aromatic carboxylic acids is 1. The molecule has 0 saturated carbocycles. The van der Waals surface area contributed by atoms with Gasteiger partial charge in [-0.15, -0.1) is 0 Å². The zero-order valence-electron chi connectivity index (χ0n) is 9.87. The molecule has 1 aromatic rings. The fourth-order valence-electron chi connectivity index (χ4n) is 1.81. The van der Waals surface area contributed by atoms with E-state index in [1.165, 1.54) is 12.1 Å². The lowest BCUT2D eigenvalue weighted by Crippen LogP contribution is -2.43. The van der Waals surface area contributed by atoms with Crippen molar-refractivity contribution in [3.63, 3.8) is 0 Å². The summed E-state index contributed by atoms with van der Waals surface area (Å²) in [5, 5.41) is 15.0. The highest BCUT2D eigenvalue weighted by molar-refractivity contribution is 6.37. The lowest BCUT2D eigenvalue weighted by atomic mass is 9.99. The summed E-state index contributed by atoms with van der Waals surface area (Å²) in [5.41, 5.74) is -0.0200. The molecule has 0 atom stereocenters. The molecule has 5 nitrogen and oxygen atoms in total. The number of hydrogen-bond acceptors (Lipinski definition) is 3. The molecule has 1 amide bonds. The van der Waals surface area contributed by atoms with E-state index in [0.717, 1.165) is 13.1 Å². The minimum atomic E-state index is -1.19. The zero-order valence-corrected chi connectivity index (χ0v) is 11.4. The Balaban J connectivity index is 2.18. The fraction of sp³-hybridized carbons (Fsp3) is 0.333. The number of rotatable bonds is 4. The molecule has 1 fully saturated rings. The molecule has 0 radical (unpaired) electrons. The van der Waals surface area contributed by atoms with Crippen molar-refractivity contribution in [2.75, 3.05) is 18.4 Å². The summed E-state index contributed by atoms with van der Waals surface area (Å²) in [6.07, 6.45) is 0.338. The van der Waals surface area contributed by atoms with Crippen LogP contribution in [0.15, 0.2) is 12.1 Å². The largest absolute Gasteiger partial charge is 0.478 e. The van der Waals surface area contributed by atoms with E-state index in [2.05, 4.69) is 10.6 Å². The number of carboxylic acids is 1. The summed E-state index contributed by atoms with van der Waals surface area (Å²) in [6, 6.07) is 2.66. The van der Waals surface area contributed by atoms with E-state index in [4.69, 9.17) is 28.3 Å². The van der Waals surface area contributed by atoms with E-state index in [1.807, 2.05) is 0 Å². The lowest BCUT2D eigenvalue weighted by Gasteiger charge is -2.26. The molecule has 102 valence electrons. The molecule has 1 heterocycles. The van der Waals surface area contributed by atoms with Crippen molar-refractivity contribution in [3.8, 4) is 0 Å². The Labute approximate surface area is 119 Å². The van der Waals surface area contributed by atoms with E-state index in [-0.39, 0.29) is 27.2 Å². The van der Waals surface area contributed by atoms with Crippen molar-refractivity contribution in [1.82, 2.24) is 5.32 Å². The summed E-state index contributed by atoms with van der Waals surface area (Å²) in [4.78, 5) is 22.9. The van der Waals surface area contributed by atoms with E-state index in [0.29, 0.717) is 12.3 Å². The average Bonchev–Trinajstić information content (AvgIpc) is 2.26. The smallest absolute Gasteiger partial charge is 0.337 e. The van der Waals surface area contributed by atoms with Gasteiger partial charge in [0.05, 0.1) is 16.3 Å². The highest BCUT2D eigenvalue weighted by atomic mass is 35.5. The third-order valence-electron chi connectivity index (χ3n) is 2.89. The van der Waals surface area contributed by atoms with Gasteiger partial charge in [-0.1, -0.05) is 23.2 Å². The van der Waals surface area contributed by atoms with Crippen molar-refractivity contribution in [1.29, 1.82) is 0 Å². The Bertz CT molecular complexity index is 530. The fourth-order valence-corrected chi connectivity index (χ4v) is 2.36. The van der Waals surface area contributed by atoms with Crippen LogP contribution < -0.4 is 10.6 Å². The van der Waals surface area contributed by atoms with Gasteiger partial charge in [0.1, 0.15) is 0 Å². The third-order valence-corrected chi connectivity index (χ3v) is 3.41. The standard InChI is InChI=1S/C12H12Cl2N2O3/c13-7-2-8(12(18)19)11(9(14)3-7)16-10(17)1-6-4-15-5-6/h2-3,6,15H,1,4-5H2,(H,16,17)(H,18,19). The first kappa shape index (κ1) is 14.1. The predicted molar refractivity (Wildman–Crippen MR) is 73.0 cm³/mol. The minimum absolute atomic E-state index is 0.0934. The molecule has 0 bridgehead atoms. The molecule has 0 aliphatic carbocycles. The highest BCUT2D eigenvalue weighted by Crippen LogP contribution is 2.30. The van der Waals surface area contributed by atoms with E-state index in [1.54, 1.807) is 0 Å². The molecular weight excluding hydrogens is 291 g/mol. The number of carbonyl (C=O) groups excluding carboxylic acids is 1. The Morgan fingerprint density at radius 1 is 1.37 bits per heavy atom. The van der Waals surface area contributed by atoms with Crippen LogP contribution in [0.5, 0.6) is 0 Å². The van der Waals surface area contributed by atoms with Crippen molar-refractivity contribution in [3.05, 3.63) is 27.7 Å². The Kier molecular flexibility index (Phi) is 4.29. The SMILES string of the molecule is O=C(CC1CNC1)Nc1c(Cl)cc(Cl)cc1C(=O)O. The van der Waals surface area contributed by atoms with E-state index in [9.17, 15) is 9.59 Å². The zero-order chi connectivity index (χ0) is 14.0. The van der Waals surface area contributed by atoms with Gasteiger partial charge in [0.25, 0.3) is 0 Å². The Morgan fingerprint density at radius 2 is 2.05 bits per heavy atom. The molecule has 0 spiro atoms. The number of benzene rings is 1. The van der Waals surface area contributed by atoms with Crippen LogP contribution in [0, 0.1) is 5.92 Å². The molecular formula is C12H12Cl2N2O3. The topological polar surface area (TPSA) is 78.4 Å². The van der Waals surface area contributed by atoms with Gasteiger partial charge < -0.3 is 15.7 Å².